The van der Waals surface area contributed by atoms with Gasteiger partial charge in [0.05, 0.1) is 5.02 Å². The van der Waals surface area contributed by atoms with Crippen molar-refractivity contribution in [3.8, 4) is 0 Å². The van der Waals surface area contributed by atoms with E-state index in [9.17, 15) is 4.39 Å². The molecule has 98 valence electrons. The van der Waals surface area contributed by atoms with Crippen molar-refractivity contribution in [3.63, 3.8) is 0 Å². The van der Waals surface area contributed by atoms with Gasteiger partial charge in [-0.3, -0.25) is 0 Å². The van der Waals surface area contributed by atoms with E-state index in [4.69, 9.17) is 11.6 Å². The molecule has 3 heteroatoms. The molecule has 3 rings (SSSR count). The minimum absolute atomic E-state index is 0.210. The van der Waals surface area contributed by atoms with Crippen LogP contribution in [-0.2, 0) is 6.42 Å². The lowest BCUT2D eigenvalue weighted by atomic mass is 9.90. The van der Waals surface area contributed by atoms with Crippen molar-refractivity contribution in [3.05, 3.63) is 34.6 Å². The molecule has 1 N–H and O–H groups in total. The molecule has 2 fully saturated rings. The Morgan fingerprint density at radius 2 is 2.06 bits per heavy atom. The van der Waals surface area contributed by atoms with E-state index in [0.717, 1.165) is 29.7 Å². The van der Waals surface area contributed by atoms with Gasteiger partial charge in [0.15, 0.2) is 0 Å². The first kappa shape index (κ1) is 12.4. The first-order chi connectivity index (χ1) is 8.67. The number of hydrogen-bond acceptors (Lipinski definition) is 1. The van der Waals surface area contributed by atoms with E-state index in [-0.39, 0.29) is 10.8 Å². The lowest BCUT2D eigenvalue weighted by Gasteiger charge is -2.24. The van der Waals surface area contributed by atoms with Crippen LogP contribution >= 0.6 is 11.6 Å². The van der Waals surface area contributed by atoms with Crippen LogP contribution in [0.2, 0.25) is 5.02 Å². The normalized spacial score (nSPS) is 31.2. The molecule has 2 aliphatic carbocycles. The molecule has 2 aliphatic rings. The summed E-state index contributed by atoms with van der Waals surface area (Å²) in [5.41, 5.74) is 1.04. The predicted octanol–water partition coefficient (Wildman–Crippen LogP) is 3.66. The molecule has 3 atom stereocenters. The Labute approximate surface area is 113 Å². The third kappa shape index (κ3) is 2.41. The van der Waals surface area contributed by atoms with Gasteiger partial charge in [0, 0.05) is 6.04 Å². The standard InChI is InChI=1S/C15H19ClFN/c1-18-15(12-7-10-6-11(10)8-12)5-9-2-3-13(16)14(17)4-9/h2-4,10-12,15,18H,5-8H2,1H3. The minimum Gasteiger partial charge on any atom is -0.316 e. The van der Waals surface area contributed by atoms with Crippen LogP contribution in [-0.4, -0.2) is 13.1 Å². The third-order valence-electron chi connectivity index (χ3n) is 4.66. The highest BCUT2D eigenvalue weighted by Crippen LogP contribution is 2.55. The lowest BCUT2D eigenvalue weighted by molar-refractivity contribution is 0.349. The third-order valence-corrected chi connectivity index (χ3v) is 4.97. The Morgan fingerprint density at radius 3 is 2.67 bits per heavy atom. The zero-order chi connectivity index (χ0) is 12.7. The summed E-state index contributed by atoms with van der Waals surface area (Å²) in [6, 6.07) is 5.64. The highest BCUT2D eigenvalue weighted by Gasteiger charge is 2.47. The Morgan fingerprint density at radius 1 is 1.33 bits per heavy atom. The molecule has 0 aliphatic heterocycles. The average molecular weight is 268 g/mol. The predicted molar refractivity (Wildman–Crippen MR) is 72.3 cm³/mol. The molecule has 0 bridgehead atoms. The van der Waals surface area contributed by atoms with Crippen LogP contribution in [0.5, 0.6) is 0 Å². The fourth-order valence-corrected chi connectivity index (χ4v) is 3.63. The number of fused-ring (bicyclic) bond motifs is 1. The molecule has 18 heavy (non-hydrogen) atoms. The van der Waals surface area contributed by atoms with Crippen molar-refractivity contribution in [2.24, 2.45) is 17.8 Å². The number of halogens is 2. The van der Waals surface area contributed by atoms with Crippen LogP contribution in [0.3, 0.4) is 0 Å². The Bertz CT molecular complexity index is 438. The Hall–Kier alpha value is -0.600. The van der Waals surface area contributed by atoms with Crippen LogP contribution in [0, 0.1) is 23.6 Å². The summed E-state index contributed by atoms with van der Waals surface area (Å²) < 4.78 is 13.4. The van der Waals surface area contributed by atoms with E-state index in [1.807, 2.05) is 13.1 Å². The fraction of sp³-hybridized carbons (Fsp3) is 0.600. The molecule has 0 saturated heterocycles. The maximum atomic E-state index is 13.4. The molecule has 1 aromatic rings. The molecule has 0 radical (unpaired) electrons. The zero-order valence-electron chi connectivity index (χ0n) is 10.6. The van der Waals surface area contributed by atoms with E-state index in [1.165, 1.54) is 19.3 Å². The number of rotatable bonds is 4. The molecule has 3 unspecified atom stereocenters. The smallest absolute Gasteiger partial charge is 0.142 e. The SMILES string of the molecule is CNC(Cc1ccc(Cl)c(F)c1)C1CC2CC2C1. The van der Waals surface area contributed by atoms with Gasteiger partial charge < -0.3 is 5.32 Å². The molecule has 0 spiro atoms. The highest BCUT2D eigenvalue weighted by molar-refractivity contribution is 6.30. The summed E-state index contributed by atoms with van der Waals surface area (Å²) >= 11 is 5.71. The monoisotopic (exact) mass is 267 g/mol. The van der Waals surface area contributed by atoms with Crippen molar-refractivity contribution < 1.29 is 4.39 Å². The summed E-state index contributed by atoms with van der Waals surface area (Å²) in [4.78, 5) is 0. The molecular formula is C15H19ClFN. The van der Waals surface area contributed by atoms with E-state index in [0.29, 0.717) is 6.04 Å². The molecule has 0 aromatic heterocycles. The number of likely N-dealkylation sites (N-methyl/N-ethyl adjacent to an activating group) is 1. The van der Waals surface area contributed by atoms with Crippen LogP contribution in [0.1, 0.15) is 24.8 Å². The first-order valence-electron chi connectivity index (χ1n) is 6.78. The molecule has 0 amide bonds. The molecular weight excluding hydrogens is 249 g/mol. The van der Waals surface area contributed by atoms with Gasteiger partial charge in [0.1, 0.15) is 5.82 Å². The number of hydrogen-bond donors (Lipinski definition) is 1. The van der Waals surface area contributed by atoms with Crippen LogP contribution in [0.4, 0.5) is 4.39 Å². The summed E-state index contributed by atoms with van der Waals surface area (Å²) in [5, 5.41) is 3.62. The zero-order valence-corrected chi connectivity index (χ0v) is 11.4. The highest BCUT2D eigenvalue weighted by atomic mass is 35.5. The van der Waals surface area contributed by atoms with Gasteiger partial charge in [-0.1, -0.05) is 17.7 Å². The van der Waals surface area contributed by atoms with Crippen molar-refractivity contribution in [1.82, 2.24) is 5.32 Å². The summed E-state index contributed by atoms with van der Waals surface area (Å²) in [6.45, 7) is 0. The topological polar surface area (TPSA) is 12.0 Å². The maximum absolute atomic E-state index is 13.4. The Balaban J connectivity index is 1.67. The second-order valence-electron chi connectivity index (χ2n) is 5.84. The van der Waals surface area contributed by atoms with Crippen LogP contribution in [0.15, 0.2) is 18.2 Å². The van der Waals surface area contributed by atoms with Crippen molar-refractivity contribution in [2.75, 3.05) is 7.05 Å². The lowest BCUT2D eigenvalue weighted by Crippen LogP contribution is -2.35. The van der Waals surface area contributed by atoms with Crippen molar-refractivity contribution >= 4 is 11.6 Å². The first-order valence-corrected chi connectivity index (χ1v) is 7.16. The molecule has 1 nitrogen and oxygen atoms in total. The fourth-order valence-electron chi connectivity index (χ4n) is 3.52. The quantitative estimate of drug-likeness (QED) is 0.878. The second kappa shape index (κ2) is 4.82. The molecule has 2 saturated carbocycles. The minimum atomic E-state index is -0.307. The summed E-state index contributed by atoms with van der Waals surface area (Å²) in [7, 11) is 2.01. The van der Waals surface area contributed by atoms with Gasteiger partial charge in [0.25, 0.3) is 0 Å². The van der Waals surface area contributed by atoms with Crippen LogP contribution in [0.25, 0.3) is 0 Å². The van der Waals surface area contributed by atoms with E-state index in [2.05, 4.69) is 5.32 Å². The van der Waals surface area contributed by atoms with Crippen molar-refractivity contribution in [1.29, 1.82) is 0 Å². The average Bonchev–Trinajstić information content (AvgIpc) is 2.97. The maximum Gasteiger partial charge on any atom is 0.142 e. The Kier molecular flexibility index (Phi) is 3.33. The van der Waals surface area contributed by atoms with Gasteiger partial charge in [0.2, 0.25) is 0 Å². The molecule has 1 aromatic carbocycles. The van der Waals surface area contributed by atoms with Gasteiger partial charge in [-0.25, -0.2) is 4.39 Å². The summed E-state index contributed by atoms with van der Waals surface area (Å²) in [6.07, 6.45) is 5.05. The van der Waals surface area contributed by atoms with Gasteiger partial charge >= 0.3 is 0 Å². The largest absolute Gasteiger partial charge is 0.316 e. The van der Waals surface area contributed by atoms with Gasteiger partial charge in [-0.15, -0.1) is 0 Å². The van der Waals surface area contributed by atoms with E-state index < -0.39 is 0 Å². The number of benzene rings is 1. The second-order valence-corrected chi connectivity index (χ2v) is 6.24. The van der Waals surface area contributed by atoms with Crippen molar-refractivity contribution in [2.45, 2.75) is 31.7 Å². The van der Waals surface area contributed by atoms with E-state index >= 15 is 0 Å². The van der Waals surface area contributed by atoms with Gasteiger partial charge in [-0.2, -0.15) is 0 Å². The molecule has 0 heterocycles. The van der Waals surface area contributed by atoms with E-state index in [1.54, 1.807) is 12.1 Å². The number of nitrogens with one attached hydrogen (secondary N) is 1. The summed E-state index contributed by atoms with van der Waals surface area (Å²) in [5.74, 6) is 2.44. The van der Waals surface area contributed by atoms with Crippen LogP contribution < -0.4 is 5.32 Å². The van der Waals surface area contributed by atoms with Gasteiger partial charge in [-0.05, 0) is 68.2 Å².